The predicted molar refractivity (Wildman–Crippen MR) is 89.8 cm³/mol. The molecule has 0 aliphatic carbocycles. The van der Waals surface area contributed by atoms with E-state index in [4.69, 9.17) is 9.26 Å². The molecule has 116 valence electrons. The van der Waals surface area contributed by atoms with Gasteiger partial charge in [-0.15, -0.1) is 0 Å². The first-order chi connectivity index (χ1) is 9.67. The molecule has 0 N–H and O–H groups in total. The predicted octanol–water partition coefficient (Wildman–Crippen LogP) is 4.65. The molecule has 1 aliphatic heterocycles. The number of oxime groups is 1. The van der Waals surface area contributed by atoms with Gasteiger partial charge in [-0.3, -0.25) is 0 Å². The van der Waals surface area contributed by atoms with Crippen LogP contribution in [0.5, 0.6) is 0 Å². The molecule has 3 nitrogen and oxygen atoms in total. The highest BCUT2D eigenvalue weighted by Gasteiger charge is 2.40. The van der Waals surface area contributed by atoms with E-state index in [9.17, 15) is 0 Å². The molecule has 0 bridgehead atoms. The van der Waals surface area contributed by atoms with Gasteiger partial charge in [0.2, 0.25) is 6.29 Å². The summed E-state index contributed by atoms with van der Waals surface area (Å²) in [6.45, 7) is 13.3. The zero-order valence-electron chi connectivity index (χ0n) is 14.0. The van der Waals surface area contributed by atoms with Crippen molar-refractivity contribution in [3.63, 3.8) is 0 Å². The molecule has 1 aromatic rings. The summed E-state index contributed by atoms with van der Waals surface area (Å²) in [6.07, 6.45) is 0.659. The number of hydrogen-bond acceptors (Lipinski definition) is 3. The Balaban J connectivity index is 2.25. The van der Waals surface area contributed by atoms with Crippen molar-refractivity contribution in [2.45, 2.75) is 53.1 Å². The van der Waals surface area contributed by atoms with Crippen molar-refractivity contribution in [3.05, 3.63) is 35.9 Å². The minimum absolute atomic E-state index is 0.111. The van der Waals surface area contributed by atoms with E-state index in [1.807, 2.05) is 18.2 Å². The second-order valence-electron chi connectivity index (χ2n) is 7.78. The van der Waals surface area contributed by atoms with Crippen molar-refractivity contribution >= 4 is 14.0 Å². The van der Waals surface area contributed by atoms with E-state index in [-0.39, 0.29) is 11.7 Å². The highest BCUT2D eigenvalue weighted by atomic mass is 28.4. The summed E-state index contributed by atoms with van der Waals surface area (Å²) in [5.41, 5.74) is 2.27. The van der Waals surface area contributed by atoms with Gasteiger partial charge < -0.3 is 9.26 Å². The van der Waals surface area contributed by atoms with Crippen molar-refractivity contribution < 1.29 is 9.26 Å². The minimum Gasteiger partial charge on any atom is -0.382 e. The van der Waals surface area contributed by atoms with Crippen LogP contribution in [0.4, 0.5) is 0 Å². The van der Waals surface area contributed by atoms with Crippen molar-refractivity contribution in [2.75, 3.05) is 0 Å². The van der Waals surface area contributed by atoms with Gasteiger partial charge in [-0.2, -0.15) is 0 Å². The van der Waals surface area contributed by atoms with Gasteiger partial charge in [-0.1, -0.05) is 56.3 Å². The molecule has 1 aliphatic rings. The lowest BCUT2D eigenvalue weighted by atomic mass is 9.76. The molecule has 0 unspecified atom stereocenters. The van der Waals surface area contributed by atoms with Crippen LogP contribution in [0.25, 0.3) is 0 Å². The Kier molecular flexibility index (Phi) is 4.59. The third kappa shape index (κ3) is 4.42. The lowest BCUT2D eigenvalue weighted by molar-refractivity contribution is -0.151. The van der Waals surface area contributed by atoms with Gasteiger partial charge in [-0.05, 0) is 30.6 Å². The topological polar surface area (TPSA) is 30.8 Å². The first kappa shape index (κ1) is 16.2. The van der Waals surface area contributed by atoms with Crippen molar-refractivity contribution in [1.82, 2.24) is 0 Å². The maximum atomic E-state index is 6.21. The fraction of sp³-hybridized carbons (Fsp3) is 0.588. The van der Waals surface area contributed by atoms with Crippen LogP contribution in [-0.4, -0.2) is 20.3 Å². The number of hydrogen-bond donors (Lipinski definition) is 0. The standard InChI is InChI=1S/C17H27NO2Si/c1-17(2,3)14-12-15(13-10-8-7-9-11-13)18-19-16(14)20-21(4,5)6/h7-11,14,16H,12H2,1-6H3/t14-,16-/m0/s1. The Hall–Kier alpha value is -1.13. The second kappa shape index (κ2) is 5.93. The molecular weight excluding hydrogens is 278 g/mol. The number of rotatable bonds is 3. The third-order valence-corrected chi connectivity index (χ3v) is 4.64. The van der Waals surface area contributed by atoms with Crippen molar-refractivity contribution in [2.24, 2.45) is 16.5 Å². The average molecular weight is 305 g/mol. The highest BCUT2D eigenvalue weighted by molar-refractivity contribution is 6.69. The number of nitrogens with zero attached hydrogens (tertiary/aromatic N) is 1. The van der Waals surface area contributed by atoms with Gasteiger partial charge >= 0.3 is 0 Å². The van der Waals surface area contributed by atoms with Gasteiger partial charge in [0, 0.05) is 12.3 Å². The van der Waals surface area contributed by atoms with Gasteiger partial charge in [-0.25, -0.2) is 0 Å². The maximum absolute atomic E-state index is 6.21. The van der Waals surface area contributed by atoms with E-state index in [2.05, 4.69) is 57.7 Å². The third-order valence-electron chi connectivity index (χ3n) is 3.70. The molecule has 0 aromatic heterocycles. The summed E-state index contributed by atoms with van der Waals surface area (Å²) in [6, 6.07) is 10.3. The van der Waals surface area contributed by atoms with E-state index in [1.54, 1.807) is 0 Å². The summed E-state index contributed by atoms with van der Waals surface area (Å²) in [5, 5.41) is 4.34. The normalized spacial score (nSPS) is 23.4. The van der Waals surface area contributed by atoms with Gasteiger partial charge in [0.05, 0.1) is 5.71 Å². The van der Waals surface area contributed by atoms with Gasteiger partial charge in [0.25, 0.3) is 0 Å². The molecule has 0 fully saturated rings. The Bertz CT molecular complexity index is 500. The first-order valence-corrected chi connectivity index (χ1v) is 11.0. The minimum atomic E-state index is -1.66. The quantitative estimate of drug-likeness (QED) is 0.761. The monoisotopic (exact) mass is 305 g/mol. The van der Waals surface area contributed by atoms with Gasteiger partial charge in [0.15, 0.2) is 8.32 Å². The summed E-state index contributed by atoms with van der Waals surface area (Å²) >= 11 is 0. The fourth-order valence-electron chi connectivity index (χ4n) is 2.50. The smallest absolute Gasteiger partial charge is 0.221 e. The molecule has 0 radical (unpaired) electrons. The number of benzene rings is 1. The molecule has 1 heterocycles. The van der Waals surface area contributed by atoms with E-state index in [1.165, 1.54) is 0 Å². The highest BCUT2D eigenvalue weighted by Crippen LogP contribution is 2.38. The summed E-state index contributed by atoms with van der Waals surface area (Å²) < 4.78 is 6.21. The van der Waals surface area contributed by atoms with E-state index >= 15 is 0 Å². The first-order valence-electron chi connectivity index (χ1n) is 7.63. The zero-order valence-corrected chi connectivity index (χ0v) is 15.0. The molecule has 0 spiro atoms. The Morgan fingerprint density at radius 2 is 1.76 bits per heavy atom. The lowest BCUT2D eigenvalue weighted by Gasteiger charge is -2.40. The average Bonchev–Trinajstić information content (AvgIpc) is 2.37. The zero-order chi connectivity index (χ0) is 15.7. The van der Waals surface area contributed by atoms with Crippen LogP contribution >= 0.6 is 0 Å². The van der Waals surface area contributed by atoms with Crippen LogP contribution in [0.1, 0.15) is 32.8 Å². The Morgan fingerprint density at radius 3 is 2.29 bits per heavy atom. The maximum Gasteiger partial charge on any atom is 0.221 e. The molecule has 1 aromatic carbocycles. The molecule has 4 heteroatoms. The van der Waals surface area contributed by atoms with Crippen LogP contribution in [0.3, 0.4) is 0 Å². The molecule has 2 rings (SSSR count). The summed E-state index contributed by atoms with van der Waals surface area (Å²) in [5.74, 6) is 0.303. The van der Waals surface area contributed by atoms with E-state index < -0.39 is 8.32 Å². The molecule has 2 atom stereocenters. The Labute approximate surface area is 129 Å². The summed E-state index contributed by atoms with van der Waals surface area (Å²) in [7, 11) is -1.66. The SMILES string of the molecule is CC(C)(C)[C@H]1CC(c2ccccc2)=NO[C@H]1O[Si](C)(C)C. The lowest BCUT2D eigenvalue weighted by Crippen LogP contribution is -2.45. The molecule has 21 heavy (non-hydrogen) atoms. The van der Waals surface area contributed by atoms with Crippen LogP contribution in [0.15, 0.2) is 35.5 Å². The summed E-state index contributed by atoms with van der Waals surface area (Å²) in [4.78, 5) is 5.76. The Morgan fingerprint density at radius 1 is 1.14 bits per heavy atom. The molecular formula is C17H27NO2Si. The van der Waals surface area contributed by atoms with E-state index in [0.717, 1.165) is 17.7 Å². The van der Waals surface area contributed by atoms with Crippen LogP contribution in [0.2, 0.25) is 19.6 Å². The molecule has 0 amide bonds. The van der Waals surface area contributed by atoms with Crippen LogP contribution in [-0.2, 0) is 9.26 Å². The fourth-order valence-corrected chi connectivity index (χ4v) is 3.40. The molecule has 0 saturated carbocycles. The second-order valence-corrected chi connectivity index (χ2v) is 12.2. The molecule has 0 saturated heterocycles. The van der Waals surface area contributed by atoms with E-state index in [0.29, 0.717) is 5.92 Å². The van der Waals surface area contributed by atoms with Crippen LogP contribution in [0, 0.1) is 11.3 Å². The van der Waals surface area contributed by atoms with Crippen LogP contribution < -0.4 is 0 Å². The van der Waals surface area contributed by atoms with Crippen molar-refractivity contribution in [3.8, 4) is 0 Å². The van der Waals surface area contributed by atoms with Crippen molar-refractivity contribution in [1.29, 1.82) is 0 Å². The van der Waals surface area contributed by atoms with Gasteiger partial charge in [0.1, 0.15) is 0 Å². The largest absolute Gasteiger partial charge is 0.382 e.